The summed E-state index contributed by atoms with van der Waals surface area (Å²) in [4.78, 5) is 4.36. The normalized spacial score (nSPS) is 12.8. The third kappa shape index (κ3) is 3.65. The van der Waals surface area contributed by atoms with Gasteiger partial charge in [0, 0.05) is 19.0 Å². The molecule has 0 aromatic carbocycles. The van der Waals surface area contributed by atoms with Crippen molar-refractivity contribution < 1.29 is 0 Å². The van der Waals surface area contributed by atoms with Crippen molar-refractivity contribution in [1.82, 2.24) is 20.1 Å². The smallest absolute Gasteiger partial charge is 0.138 e. The summed E-state index contributed by atoms with van der Waals surface area (Å²) in [6.45, 7) is 5.97. The van der Waals surface area contributed by atoms with Gasteiger partial charge in [-0.05, 0) is 57.0 Å². The molecule has 0 saturated carbocycles. The summed E-state index contributed by atoms with van der Waals surface area (Å²) in [6.07, 6.45) is 2.46. The molecule has 0 amide bonds. The Morgan fingerprint density at radius 2 is 2.21 bits per heavy atom. The summed E-state index contributed by atoms with van der Waals surface area (Å²) in [5, 5.41) is 7.75. The van der Waals surface area contributed by atoms with E-state index in [1.54, 1.807) is 17.7 Å². The van der Waals surface area contributed by atoms with E-state index in [4.69, 9.17) is 0 Å². The molecule has 0 fully saturated rings. The van der Waals surface area contributed by atoms with Gasteiger partial charge in [0.15, 0.2) is 0 Å². The number of likely N-dealkylation sites (N-methyl/N-ethyl adjacent to an activating group) is 1. The van der Waals surface area contributed by atoms with Gasteiger partial charge in [-0.1, -0.05) is 6.92 Å². The number of aryl methyl sites for hydroxylation is 1. The first kappa shape index (κ1) is 15.2. The Bertz CT molecular complexity index is 538. The summed E-state index contributed by atoms with van der Waals surface area (Å²) in [6, 6.07) is 2.41. The number of hydrogen-bond acceptors (Lipinski definition) is 4. The van der Waals surface area contributed by atoms with Crippen LogP contribution in [-0.4, -0.2) is 21.3 Å². The molecule has 2 aromatic rings. The summed E-state index contributed by atoms with van der Waals surface area (Å²) < 4.78 is 4.24. The van der Waals surface area contributed by atoms with Gasteiger partial charge < -0.3 is 5.32 Å². The number of aromatic nitrogens is 3. The Labute approximate surface area is 133 Å². The van der Waals surface area contributed by atoms with Gasteiger partial charge in [-0.25, -0.2) is 4.98 Å². The van der Waals surface area contributed by atoms with Crippen molar-refractivity contribution in [2.24, 2.45) is 0 Å². The van der Waals surface area contributed by atoms with Gasteiger partial charge in [-0.3, -0.25) is 4.68 Å². The van der Waals surface area contributed by atoms with E-state index in [1.807, 2.05) is 4.68 Å². The monoisotopic (exact) mass is 406 g/mol. The predicted octanol–water partition coefficient (Wildman–Crippen LogP) is 3.78. The number of halogens is 2. The Morgan fingerprint density at radius 3 is 2.79 bits per heavy atom. The van der Waals surface area contributed by atoms with Crippen LogP contribution < -0.4 is 5.32 Å². The fourth-order valence-corrected chi connectivity index (χ4v) is 5.00. The van der Waals surface area contributed by atoms with E-state index in [2.05, 4.69) is 67.2 Å². The molecular formula is C12H16Br2N4S. The van der Waals surface area contributed by atoms with Gasteiger partial charge in [0.2, 0.25) is 0 Å². The van der Waals surface area contributed by atoms with E-state index in [0.29, 0.717) is 0 Å². The van der Waals surface area contributed by atoms with Gasteiger partial charge in [0.25, 0.3) is 0 Å². The molecule has 0 aliphatic heterocycles. The maximum absolute atomic E-state index is 4.36. The lowest BCUT2D eigenvalue weighted by Crippen LogP contribution is -2.24. The third-order valence-corrected chi connectivity index (χ3v) is 5.28. The van der Waals surface area contributed by atoms with Crippen LogP contribution in [-0.2, 0) is 13.0 Å². The molecule has 2 heterocycles. The van der Waals surface area contributed by atoms with E-state index >= 15 is 0 Å². The second-order valence-corrected chi connectivity index (χ2v) is 7.84. The van der Waals surface area contributed by atoms with E-state index in [1.165, 1.54) is 5.56 Å². The first-order chi connectivity index (χ1) is 9.15. The molecule has 7 heteroatoms. The highest BCUT2D eigenvalue weighted by Crippen LogP contribution is 2.36. The van der Waals surface area contributed by atoms with Crippen molar-refractivity contribution in [2.45, 2.75) is 32.9 Å². The third-order valence-electron chi connectivity index (χ3n) is 2.89. The Balaban J connectivity index is 2.23. The minimum atomic E-state index is 0.247. The van der Waals surface area contributed by atoms with Crippen molar-refractivity contribution in [3.8, 4) is 0 Å². The highest BCUT2D eigenvalue weighted by molar-refractivity contribution is 9.12. The zero-order valence-electron chi connectivity index (χ0n) is 10.9. The molecule has 2 aromatic heterocycles. The summed E-state index contributed by atoms with van der Waals surface area (Å²) in [5.74, 6) is 1.02. The van der Waals surface area contributed by atoms with Gasteiger partial charge >= 0.3 is 0 Å². The molecule has 4 nitrogen and oxygen atoms in total. The molecule has 0 aliphatic carbocycles. The fourth-order valence-electron chi connectivity index (χ4n) is 2.02. The fraction of sp³-hybridized carbons (Fsp3) is 0.500. The molecule has 1 atom stereocenters. The van der Waals surface area contributed by atoms with Crippen molar-refractivity contribution in [1.29, 1.82) is 0 Å². The van der Waals surface area contributed by atoms with E-state index < -0.39 is 0 Å². The molecule has 0 aliphatic rings. The topological polar surface area (TPSA) is 42.7 Å². The Hall–Kier alpha value is -0.240. The molecular weight excluding hydrogens is 392 g/mol. The maximum atomic E-state index is 4.36. The molecule has 104 valence electrons. The van der Waals surface area contributed by atoms with Crippen LogP contribution in [0, 0.1) is 0 Å². The second-order valence-electron chi connectivity index (χ2n) is 4.09. The molecule has 19 heavy (non-hydrogen) atoms. The van der Waals surface area contributed by atoms with E-state index in [-0.39, 0.29) is 6.04 Å². The zero-order valence-corrected chi connectivity index (χ0v) is 14.8. The minimum Gasteiger partial charge on any atom is -0.310 e. The lowest BCUT2D eigenvalue weighted by atomic mass is 10.1. The first-order valence-corrected chi connectivity index (χ1v) is 8.60. The van der Waals surface area contributed by atoms with Gasteiger partial charge in [-0.15, -0.1) is 11.3 Å². The van der Waals surface area contributed by atoms with Crippen LogP contribution in [0.3, 0.4) is 0 Å². The number of nitrogens with zero attached hydrogens (tertiary/aromatic N) is 3. The van der Waals surface area contributed by atoms with Gasteiger partial charge in [-0.2, -0.15) is 5.10 Å². The standard InChI is InChI=1S/C12H16Br2N4S/c1-3-15-9(8-5-10(13)19-12(8)14)6-11-16-7-17-18(11)4-2/h5,7,9,15H,3-4,6H2,1-2H3. The predicted molar refractivity (Wildman–Crippen MR) is 85.5 cm³/mol. The first-order valence-electron chi connectivity index (χ1n) is 6.20. The SMILES string of the molecule is CCNC(Cc1ncnn1CC)c1cc(Br)sc1Br. The summed E-state index contributed by atoms with van der Waals surface area (Å²) >= 11 is 8.87. The zero-order chi connectivity index (χ0) is 13.8. The maximum Gasteiger partial charge on any atom is 0.138 e. The highest BCUT2D eigenvalue weighted by Gasteiger charge is 2.19. The van der Waals surface area contributed by atoms with Gasteiger partial charge in [0.05, 0.1) is 7.57 Å². The van der Waals surface area contributed by atoms with Crippen molar-refractivity contribution >= 4 is 43.2 Å². The number of thiophene rings is 1. The molecule has 1 unspecified atom stereocenters. The summed E-state index contributed by atoms with van der Waals surface area (Å²) in [7, 11) is 0. The van der Waals surface area contributed by atoms with E-state index in [0.717, 1.165) is 32.9 Å². The summed E-state index contributed by atoms with van der Waals surface area (Å²) in [5.41, 5.74) is 1.27. The molecule has 0 saturated heterocycles. The van der Waals surface area contributed by atoms with Crippen LogP contribution in [0.2, 0.25) is 0 Å². The van der Waals surface area contributed by atoms with Crippen molar-refractivity contribution in [3.05, 3.63) is 31.4 Å². The van der Waals surface area contributed by atoms with Crippen LogP contribution in [0.1, 0.15) is 31.3 Å². The molecule has 0 spiro atoms. The molecule has 0 bridgehead atoms. The number of nitrogens with one attached hydrogen (secondary N) is 1. The lowest BCUT2D eigenvalue weighted by Gasteiger charge is -2.17. The quantitative estimate of drug-likeness (QED) is 0.792. The highest BCUT2D eigenvalue weighted by atomic mass is 79.9. The second kappa shape index (κ2) is 6.97. The molecule has 0 radical (unpaired) electrons. The number of rotatable bonds is 6. The average Bonchev–Trinajstić information content (AvgIpc) is 2.95. The van der Waals surface area contributed by atoms with Crippen LogP contribution in [0.15, 0.2) is 20.0 Å². The minimum absolute atomic E-state index is 0.247. The van der Waals surface area contributed by atoms with Crippen molar-refractivity contribution in [2.75, 3.05) is 6.54 Å². The van der Waals surface area contributed by atoms with Crippen LogP contribution in [0.4, 0.5) is 0 Å². The largest absolute Gasteiger partial charge is 0.310 e. The van der Waals surface area contributed by atoms with Crippen LogP contribution in [0.5, 0.6) is 0 Å². The van der Waals surface area contributed by atoms with Gasteiger partial charge in [0.1, 0.15) is 12.2 Å². The van der Waals surface area contributed by atoms with Crippen LogP contribution >= 0.6 is 43.2 Å². The van der Waals surface area contributed by atoms with E-state index in [9.17, 15) is 0 Å². The van der Waals surface area contributed by atoms with Crippen molar-refractivity contribution in [3.63, 3.8) is 0 Å². The number of hydrogen-bond donors (Lipinski definition) is 1. The average molecular weight is 408 g/mol. The Kier molecular flexibility index (Phi) is 5.56. The Morgan fingerprint density at radius 1 is 1.42 bits per heavy atom. The van der Waals surface area contributed by atoms with Crippen LogP contribution in [0.25, 0.3) is 0 Å². The molecule has 1 N–H and O–H groups in total. The lowest BCUT2D eigenvalue weighted by molar-refractivity contribution is 0.509. The molecule has 2 rings (SSSR count).